The number of hydrogen-bond donors (Lipinski definition) is 0. The Labute approximate surface area is 83.8 Å². The summed E-state index contributed by atoms with van der Waals surface area (Å²) in [7, 11) is 2.05. The quantitative estimate of drug-likeness (QED) is 0.636. The van der Waals surface area contributed by atoms with Crippen LogP contribution in [-0.4, -0.2) is 14.5 Å². The van der Waals surface area contributed by atoms with Gasteiger partial charge in [-0.25, -0.2) is 9.97 Å². The SMILES string of the molecule is Cc1nc(C)c2c(C)c(C)n(C)c2n1. The lowest BCUT2D eigenvalue weighted by Gasteiger charge is -2.00. The Bertz CT molecular complexity index is 509. The third kappa shape index (κ3) is 1.05. The van der Waals surface area contributed by atoms with E-state index in [0.29, 0.717) is 0 Å². The molecule has 0 spiro atoms. The fraction of sp³-hybridized carbons (Fsp3) is 0.455. The first-order valence-electron chi connectivity index (χ1n) is 4.79. The molecule has 0 bridgehead atoms. The maximum atomic E-state index is 4.47. The van der Waals surface area contributed by atoms with Crippen molar-refractivity contribution in [1.29, 1.82) is 0 Å². The molecule has 2 heterocycles. The van der Waals surface area contributed by atoms with Crippen molar-refractivity contribution in [3.05, 3.63) is 22.8 Å². The summed E-state index contributed by atoms with van der Waals surface area (Å²) >= 11 is 0. The van der Waals surface area contributed by atoms with Crippen LogP contribution in [0.15, 0.2) is 0 Å². The summed E-state index contributed by atoms with van der Waals surface area (Å²) in [4.78, 5) is 8.86. The fourth-order valence-corrected chi connectivity index (χ4v) is 1.97. The van der Waals surface area contributed by atoms with Gasteiger partial charge in [0.15, 0.2) is 0 Å². The molecule has 0 atom stereocenters. The molecule has 3 heteroatoms. The van der Waals surface area contributed by atoms with Crippen LogP contribution in [0.1, 0.15) is 22.8 Å². The molecular formula is C11H15N3. The molecule has 2 aromatic heterocycles. The summed E-state index contributed by atoms with van der Waals surface area (Å²) < 4.78 is 2.13. The molecule has 0 aliphatic rings. The molecular weight excluding hydrogens is 174 g/mol. The van der Waals surface area contributed by atoms with Crippen molar-refractivity contribution in [3.63, 3.8) is 0 Å². The van der Waals surface area contributed by atoms with Gasteiger partial charge in [0, 0.05) is 18.1 Å². The molecule has 0 aliphatic heterocycles. The Morgan fingerprint density at radius 1 is 1.00 bits per heavy atom. The summed E-state index contributed by atoms with van der Waals surface area (Å²) in [6.07, 6.45) is 0. The normalized spacial score (nSPS) is 11.2. The van der Waals surface area contributed by atoms with Crippen LogP contribution < -0.4 is 0 Å². The lowest BCUT2D eigenvalue weighted by molar-refractivity contribution is 0.885. The summed E-state index contributed by atoms with van der Waals surface area (Å²) in [5, 5.41) is 1.20. The predicted octanol–water partition coefficient (Wildman–Crippen LogP) is 2.20. The van der Waals surface area contributed by atoms with Gasteiger partial charge >= 0.3 is 0 Å². The molecule has 0 saturated heterocycles. The first kappa shape index (κ1) is 9.19. The standard InChI is InChI=1S/C11H15N3/c1-6-8(3)14(5)11-10(6)7(2)12-9(4)13-11/h1-5H3. The van der Waals surface area contributed by atoms with Crippen LogP contribution in [0, 0.1) is 27.7 Å². The maximum absolute atomic E-state index is 4.47. The van der Waals surface area contributed by atoms with E-state index < -0.39 is 0 Å². The number of rotatable bonds is 0. The topological polar surface area (TPSA) is 30.7 Å². The third-order valence-electron chi connectivity index (χ3n) is 2.92. The number of hydrogen-bond acceptors (Lipinski definition) is 2. The Kier molecular flexibility index (Phi) is 1.84. The van der Waals surface area contributed by atoms with E-state index >= 15 is 0 Å². The van der Waals surface area contributed by atoms with Crippen LogP contribution in [0.3, 0.4) is 0 Å². The molecule has 14 heavy (non-hydrogen) atoms. The molecule has 3 nitrogen and oxygen atoms in total. The van der Waals surface area contributed by atoms with Crippen molar-refractivity contribution < 1.29 is 0 Å². The molecule has 0 fully saturated rings. The van der Waals surface area contributed by atoms with Crippen LogP contribution in [0.5, 0.6) is 0 Å². The minimum absolute atomic E-state index is 0.843. The van der Waals surface area contributed by atoms with Gasteiger partial charge in [0.05, 0.1) is 5.69 Å². The van der Waals surface area contributed by atoms with Gasteiger partial charge in [0.25, 0.3) is 0 Å². The summed E-state index contributed by atoms with van der Waals surface area (Å²) in [6.45, 7) is 8.22. The van der Waals surface area contributed by atoms with Crippen molar-refractivity contribution in [2.45, 2.75) is 27.7 Å². The second-order valence-electron chi connectivity index (χ2n) is 3.82. The molecule has 2 rings (SSSR count). The van der Waals surface area contributed by atoms with Crippen LogP contribution in [0.2, 0.25) is 0 Å². The Hall–Kier alpha value is -1.38. The molecule has 0 saturated carbocycles. The Morgan fingerprint density at radius 3 is 2.29 bits per heavy atom. The van der Waals surface area contributed by atoms with Gasteiger partial charge in [-0.1, -0.05) is 0 Å². The molecule has 74 valence electrons. The zero-order valence-corrected chi connectivity index (χ0v) is 9.34. The second kappa shape index (κ2) is 2.80. The lowest BCUT2D eigenvalue weighted by Crippen LogP contribution is -1.96. The van der Waals surface area contributed by atoms with Gasteiger partial charge in [-0.2, -0.15) is 0 Å². The number of nitrogens with zero attached hydrogens (tertiary/aromatic N) is 3. The maximum Gasteiger partial charge on any atom is 0.144 e. The van der Waals surface area contributed by atoms with Crippen LogP contribution >= 0.6 is 0 Å². The highest BCUT2D eigenvalue weighted by atomic mass is 15.0. The molecule has 0 aliphatic carbocycles. The third-order valence-corrected chi connectivity index (χ3v) is 2.92. The minimum atomic E-state index is 0.843. The highest BCUT2D eigenvalue weighted by molar-refractivity contribution is 5.84. The minimum Gasteiger partial charge on any atom is -0.333 e. The average Bonchev–Trinajstić information content (AvgIpc) is 2.31. The smallest absolute Gasteiger partial charge is 0.144 e. The van der Waals surface area contributed by atoms with Crippen molar-refractivity contribution >= 4 is 11.0 Å². The van der Waals surface area contributed by atoms with E-state index in [9.17, 15) is 0 Å². The Balaban J connectivity index is 3.02. The van der Waals surface area contributed by atoms with E-state index in [-0.39, 0.29) is 0 Å². The highest BCUT2D eigenvalue weighted by Gasteiger charge is 2.12. The fourth-order valence-electron chi connectivity index (χ4n) is 1.97. The molecule has 0 unspecified atom stereocenters. The highest BCUT2D eigenvalue weighted by Crippen LogP contribution is 2.24. The molecule has 0 aromatic carbocycles. The number of aryl methyl sites for hydroxylation is 4. The average molecular weight is 189 g/mol. The van der Waals surface area contributed by atoms with E-state index in [1.165, 1.54) is 16.6 Å². The van der Waals surface area contributed by atoms with Gasteiger partial charge in [0.2, 0.25) is 0 Å². The van der Waals surface area contributed by atoms with E-state index in [1.54, 1.807) is 0 Å². The van der Waals surface area contributed by atoms with Gasteiger partial charge in [-0.05, 0) is 33.3 Å². The Morgan fingerprint density at radius 2 is 1.64 bits per heavy atom. The second-order valence-corrected chi connectivity index (χ2v) is 3.82. The molecule has 0 radical (unpaired) electrons. The van der Waals surface area contributed by atoms with Crippen LogP contribution in [0.4, 0.5) is 0 Å². The first-order valence-corrected chi connectivity index (χ1v) is 4.79. The number of aromatic nitrogens is 3. The van der Waals surface area contributed by atoms with Gasteiger partial charge in [-0.3, -0.25) is 0 Å². The first-order chi connectivity index (χ1) is 6.52. The van der Waals surface area contributed by atoms with E-state index in [4.69, 9.17) is 0 Å². The lowest BCUT2D eigenvalue weighted by atomic mass is 10.2. The monoisotopic (exact) mass is 189 g/mol. The zero-order chi connectivity index (χ0) is 10.5. The van der Waals surface area contributed by atoms with Crippen molar-refractivity contribution in [2.75, 3.05) is 0 Å². The summed E-state index contributed by atoms with van der Waals surface area (Å²) in [5.74, 6) is 0.843. The zero-order valence-electron chi connectivity index (χ0n) is 9.34. The van der Waals surface area contributed by atoms with Gasteiger partial charge in [-0.15, -0.1) is 0 Å². The van der Waals surface area contributed by atoms with E-state index in [0.717, 1.165) is 17.2 Å². The van der Waals surface area contributed by atoms with Crippen LogP contribution in [0.25, 0.3) is 11.0 Å². The summed E-state index contributed by atoms with van der Waals surface area (Å²) in [6, 6.07) is 0. The van der Waals surface area contributed by atoms with Crippen molar-refractivity contribution in [3.8, 4) is 0 Å². The van der Waals surface area contributed by atoms with Crippen molar-refractivity contribution in [1.82, 2.24) is 14.5 Å². The summed E-state index contributed by atoms with van der Waals surface area (Å²) in [5.41, 5.74) is 4.68. The van der Waals surface area contributed by atoms with Crippen molar-refractivity contribution in [2.24, 2.45) is 7.05 Å². The van der Waals surface area contributed by atoms with Gasteiger partial charge < -0.3 is 4.57 Å². The predicted molar refractivity (Wildman–Crippen MR) is 57.5 cm³/mol. The van der Waals surface area contributed by atoms with E-state index in [1.807, 2.05) is 13.8 Å². The largest absolute Gasteiger partial charge is 0.333 e. The van der Waals surface area contributed by atoms with Gasteiger partial charge in [0.1, 0.15) is 11.5 Å². The number of fused-ring (bicyclic) bond motifs is 1. The molecule has 2 aromatic rings. The molecule has 0 N–H and O–H groups in total. The van der Waals surface area contributed by atoms with Crippen LogP contribution in [-0.2, 0) is 7.05 Å². The molecule has 0 amide bonds. The van der Waals surface area contributed by atoms with E-state index in [2.05, 4.69) is 35.4 Å².